The maximum Gasteiger partial charge on any atom is 0.0739 e. The van der Waals surface area contributed by atoms with Gasteiger partial charge in [-0.15, -0.1) is 0 Å². The topological polar surface area (TPSA) is 59.9 Å². The van der Waals surface area contributed by atoms with Gasteiger partial charge in [-0.3, -0.25) is 0 Å². The van der Waals surface area contributed by atoms with Gasteiger partial charge in [0.15, 0.2) is 0 Å². The van der Waals surface area contributed by atoms with Gasteiger partial charge in [-0.2, -0.15) is 0 Å². The van der Waals surface area contributed by atoms with Gasteiger partial charge in [0.2, 0.25) is 0 Å². The lowest BCUT2D eigenvalue weighted by Gasteiger charge is -2.07. The molecule has 0 saturated carbocycles. The van der Waals surface area contributed by atoms with E-state index >= 15 is 0 Å². The van der Waals surface area contributed by atoms with Gasteiger partial charge in [0.25, 0.3) is 0 Å². The molecule has 1 atom stereocenters. The van der Waals surface area contributed by atoms with Gasteiger partial charge < -0.3 is 10.9 Å². The maximum absolute atomic E-state index is 8.48. The number of hydroxylamine groups is 1. The Kier molecular flexibility index (Phi) is 7.89. The Morgan fingerprint density at radius 2 is 1.91 bits per heavy atom. The van der Waals surface area contributed by atoms with E-state index < -0.39 is 0 Å². The average molecular weight is 161 g/mol. The van der Waals surface area contributed by atoms with Crippen molar-refractivity contribution in [2.45, 2.75) is 45.1 Å². The normalized spacial score (nSPS) is 13.4. The fraction of sp³-hybridized carbons (Fsp3) is 1.00. The molecule has 0 aliphatic heterocycles. The number of hydrogen-bond acceptors (Lipinski definition) is 2. The third kappa shape index (κ3) is 7.78. The van der Waals surface area contributed by atoms with Gasteiger partial charge >= 0.3 is 0 Å². The summed E-state index contributed by atoms with van der Waals surface area (Å²) >= 11 is 0. The number of hydrogen-bond donors (Lipinski definition) is 3. The van der Waals surface area contributed by atoms with Crippen LogP contribution in [-0.4, -0.2) is 17.8 Å². The summed E-state index contributed by atoms with van der Waals surface area (Å²) in [4.78, 5) is 0. The molecular weight excluding hydrogens is 140 g/mol. The monoisotopic (exact) mass is 161 g/mol. The van der Waals surface area contributed by atoms with E-state index in [4.69, 9.17) is 5.21 Å². The first-order valence-electron chi connectivity index (χ1n) is 4.50. The second kappa shape index (κ2) is 7.98. The molecule has 0 aromatic heterocycles. The zero-order chi connectivity index (χ0) is 8.53. The highest BCUT2D eigenvalue weighted by molar-refractivity contribution is 4.53. The summed E-state index contributed by atoms with van der Waals surface area (Å²) < 4.78 is 0. The van der Waals surface area contributed by atoms with Crippen LogP contribution in [0.25, 0.3) is 0 Å². The standard InChI is InChI=1S/C8H20N2O/c1-8(10-11)6-4-2-3-5-7-9/h8,10-11H,2-7,9H2,1H3/p+1. The summed E-state index contributed by atoms with van der Waals surface area (Å²) in [6.45, 7) is 3.04. The van der Waals surface area contributed by atoms with Gasteiger partial charge in [0, 0.05) is 6.04 Å². The molecule has 0 radical (unpaired) electrons. The van der Waals surface area contributed by atoms with E-state index in [1.54, 1.807) is 0 Å². The Labute approximate surface area is 68.9 Å². The Morgan fingerprint density at radius 1 is 1.27 bits per heavy atom. The van der Waals surface area contributed by atoms with E-state index in [1.165, 1.54) is 25.7 Å². The molecule has 0 fully saturated rings. The molecule has 0 spiro atoms. The molecule has 68 valence electrons. The van der Waals surface area contributed by atoms with Crippen LogP contribution in [0.3, 0.4) is 0 Å². The lowest BCUT2D eigenvalue weighted by Crippen LogP contribution is -2.50. The predicted molar refractivity (Wildman–Crippen MR) is 45.2 cm³/mol. The third-order valence-corrected chi connectivity index (χ3v) is 1.86. The second-order valence-electron chi connectivity index (χ2n) is 3.09. The Hall–Kier alpha value is -0.120. The Morgan fingerprint density at radius 3 is 2.45 bits per heavy atom. The molecule has 0 saturated heterocycles. The molecule has 0 aromatic carbocycles. The van der Waals surface area contributed by atoms with Gasteiger partial charge in [-0.1, -0.05) is 12.8 Å². The molecule has 0 heterocycles. The SMILES string of the molecule is CC(CCCCCC[NH3+])NO. The fourth-order valence-corrected chi connectivity index (χ4v) is 1.05. The number of unbranched alkanes of at least 4 members (excludes halogenated alkanes) is 3. The van der Waals surface area contributed by atoms with Crippen molar-refractivity contribution in [3.05, 3.63) is 0 Å². The summed E-state index contributed by atoms with van der Waals surface area (Å²) in [7, 11) is 0. The lowest BCUT2D eigenvalue weighted by molar-refractivity contribution is -0.368. The highest BCUT2D eigenvalue weighted by atomic mass is 16.5. The van der Waals surface area contributed by atoms with Crippen molar-refractivity contribution in [1.82, 2.24) is 5.48 Å². The van der Waals surface area contributed by atoms with Crippen LogP contribution in [0.5, 0.6) is 0 Å². The summed E-state index contributed by atoms with van der Waals surface area (Å²) in [5.74, 6) is 0. The van der Waals surface area contributed by atoms with Crippen LogP contribution in [0.4, 0.5) is 0 Å². The molecule has 0 bridgehead atoms. The minimum atomic E-state index is 0.245. The maximum atomic E-state index is 8.48. The number of quaternary nitrogens is 1. The molecule has 11 heavy (non-hydrogen) atoms. The minimum Gasteiger partial charge on any atom is -0.358 e. The van der Waals surface area contributed by atoms with Gasteiger partial charge in [0.1, 0.15) is 0 Å². The molecule has 0 aliphatic carbocycles. The van der Waals surface area contributed by atoms with Crippen LogP contribution >= 0.6 is 0 Å². The fourth-order valence-electron chi connectivity index (χ4n) is 1.05. The molecule has 0 aromatic rings. The van der Waals surface area contributed by atoms with E-state index in [2.05, 4.69) is 11.2 Å². The van der Waals surface area contributed by atoms with Crippen LogP contribution in [0.15, 0.2) is 0 Å². The van der Waals surface area contributed by atoms with E-state index in [0.29, 0.717) is 0 Å². The van der Waals surface area contributed by atoms with Crippen molar-refractivity contribution in [3.63, 3.8) is 0 Å². The molecule has 5 N–H and O–H groups in total. The smallest absolute Gasteiger partial charge is 0.0739 e. The second-order valence-corrected chi connectivity index (χ2v) is 3.09. The van der Waals surface area contributed by atoms with Crippen LogP contribution in [0, 0.1) is 0 Å². The quantitative estimate of drug-likeness (QED) is 0.377. The van der Waals surface area contributed by atoms with Crippen LogP contribution in [0.2, 0.25) is 0 Å². The van der Waals surface area contributed by atoms with E-state index in [0.717, 1.165) is 13.0 Å². The summed E-state index contributed by atoms with van der Waals surface area (Å²) in [6.07, 6.45) is 6.05. The van der Waals surface area contributed by atoms with Crippen molar-refractivity contribution in [2.24, 2.45) is 0 Å². The molecule has 3 heteroatoms. The largest absolute Gasteiger partial charge is 0.358 e. The highest BCUT2D eigenvalue weighted by Gasteiger charge is 1.97. The molecule has 0 aliphatic rings. The van der Waals surface area contributed by atoms with Crippen molar-refractivity contribution < 1.29 is 10.9 Å². The minimum absolute atomic E-state index is 0.245. The average Bonchev–Trinajstić information content (AvgIpc) is 2.04. The van der Waals surface area contributed by atoms with Crippen molar-refractivity contribution in [1.29, 1.82) is 0 Å². The van der Waals surface area contributed by atoms with E-state index in [-0.39, 0.29) is 6.04 Å². The summed E-state index contributed by atoms with van der Waals surface area (Å²) in [5, 5.41) is 8.48. The number of rotatable bonds is 7. The first kappa shape index (κ1) is 10.9. The van der Waals surface area contributed by atoms with Crippen molar-refractivity contribution in [2.75, 3.05) is 6.54 Å². The zero-order valence-corrected chi connectivity index (χ0v) is 7.47. The van der Waals surface area contributed by atoms with Crippen LogP contribution < -0.4 is 11.2 Å². The molecule has 3 nitrogen and oxygen atoms in total. The molecule has 0 amide bonds. The van der Waals surface area contributed by atoms with E-state index in [9.17, 15) is 0 Å². The Balaban J connectivity index is 2.89. The van der Waals surface area contributed by atoms with Gasteiger partial charge in [-0.25, -0.2) is 5.48 Å². The molecule has 1 unspecified atom stereocenters. The highest BCUT2D eigenvalue weighted by Crippen LogP contribution is 2.04. The Bertz CT molecular complexity index is 78.5. The third-order valence-electron chi connectivity index (χ3n) is 1.86. The van der Waals surface area contributed by atoms with Gasteiger partial charge in [0.05, 0.1) is 6.54 Å². The zero-order valence-electron chi connectivity index (χ0n) is 7.47. The van der Waals surface area contributed by atoms with Crippen molar-refractivity contribution >= 4 is 0 Å². The van der Waals surface area contributed by atoms with Gasteiger partial charge in [-0.05, 0) is 26.2 Å². The molecule has 0 rings (SSSR count). The van der Waals surface area contributed by atoms with Crippen LogP contribution in [0.1, 0.15) is 39.0 Å². The first-order chi connectivity index (χ1) is 5.31. The predicted octanol–water partition coefficient (Wildman–Crippen LogP) is 0.546. The van der Waals surface area contributed by atoms with Crippen molar-refractivity contribution in [3.8, 4) is 0 Å². The van der Waals surface area contributed by atoms with Crippen LogP contribution in [-0.2, 0) is 0 Å². The molecular formula is C8H21N2O+. The number of nitrogens with one attached hydrogen (secondary N) is 1. The summed E-state index contributed by atoms with van der Waals surface area (Å²) in [6, 6.07) is 0.245. The lowest BCUT2D eigenvalue weighted by atomic mass is 10.1. The first-order valence-corrected chi connectivity index (χ1v) is 4.50. The summed E-state index contributed by atoms with van der Waals surface area (Å²) in [5.41, 5.74) is 6.03. The van der Waals surface area contributed by atoms with E-state index in [1.807, 2.05) is 6.92 Å².